The molecule has 1 saturated heterocycles. The van der Waals surface area contributed by atoms with Crippen molar-refractivity contribution in [1.82, 2.24) is 5.32 Å². The first-order valence-corrected chi connectivity index (χ1v) is 7.79. The summed E-state index contributed by atoms with van der Waals surface area (Å²) in [5.74, 6) is 0.872. The monoisotopic (exact) mass is 310 g/mol. The van der Waals surface area contributed by atoms with Crippen LogP contribution in [-0.2, 0) is 11.2 Å². The Kier molecular flexibility index (Phi) is 7.76. The number of halogens is 1. The zero-order chi connectivity index (χ0) is 14.4. The Hall–Kier alpha value is -1.06. The summed E-state index contributed by atoms with van der Waals surface area (Å²) in [6, 6.07) is 6.20. The van der Waals surface area contributed by atoms with Gasteiger partial charge in [-0.3, -0.25) is 4.79 Å². The molecule has 1 amide bonds. The number of anilines is 1. The Balaban J connectivity index is 0.00000220. The molecule has 0 aliphatic carbocycles. The molecular weight excluding hydrogens is 284 g/mol. The van der Waals surface area contributed by atoms with Gasteiger partial charge in [0.1, 0.15) is 0 Å². The highest BCUT2D eigenvalue weighted by atomic mass is 35.5. The fraction of sp³-hybridized carbons (Fsp3) is 0.588. The highest BCUT2D eigenvalue weighted by molar-refractivity contribution is 5.92. The third-order valence-electron chi connectivity index (χ3n) is 4.24. The van der Waals surface area contributed by atoms with E-state index in [9.17, 15) is 4.79 Å². The summed E-state index contributed by atoms with van der Waals surface area (Å²) in [6.45, 7) is 6.38. The third kappa shape index (κ3) is 5.33. The first-order valence-electron chi connectivity index (χ1n) is 7.79. The van der Waals surface area contributed by atoms with Crippen molar-refractivity contribution >= 4 is 24.0 Å². The van der Waals surface area contributed by atoms with Gasteiger partial charge in [-0.15, -0.1) is 12.4 Å². The number of para-hydroxylation sites is 1. The van der Waals surface area contributed by atoms with Crippen LogP contribution >= 0.6 is 12.4 Å². The summed E-state index contributed by atoms with van der Waals surface area (Å²) < 4.78 is 0. The molecule has 3 nitrogen and oxygen atoms in total. The van der Waals surface area contributed by atoms with Crippen molar-refractivity contribution in [2.75, 3.05) is 18.4 Å². The smallest absolute Gasteiger partial charge is 0.224 e. The molecule has 1 heterocycles. The van der Waals surface area contributed by atoms with E-state index < -0.39 is 0 Å². The number of carbonyl (C=O) groups excluding carboxylic acids is 1. The lowest BCUT2D eigenvalue weighted by molar-refractivity contribution is -0.116. The van der Waals surface area contributed by atoms with E-state index in [4.69, 9.17) is 0 Å². The van der Waals surface area contributed by atoms with Crippen LogP contribution in [0.4, 0.5) is 5.69 Å². The summed E-state index contributed by atoms with van der Waals surface area (Å²) in [5.41, 5.74) is 3.39. The second kappa shape index (κ2) is 9.06. The molecule has 118 valence electrons. The SMILES string of the molecule is CCc1cccc(C)c1NC(=O)CCC1CCNCC1.Cl. The maximum absolute atomic E-state index is 12.1. The average Bonchev–Trinajstić information content (AvgIpc) is 2.48. The molecule has 0 aromatic heterocycles. The minimum Gasteiger partial charge on any atom is -0.326 e. The van der Waals surface area contributed by atoms with Crippen LogP contribution in [0.2, 0.25) is 0 Å². The molecule has 1 fully saturated rings. The fourth-order valence-electron chi connectivity index (χ4n) is 2.91. The second-order valence-electron chi connectivity index (χ2n) is 5.74. The van der Waals surface area contributed by atoms with Crippen LogP contribution in [0.5, 0.6) is 0 Å². The molecule has 2 rings (SSSR count). The molecule has 0 radical (unpaired) electrons. The predicted octanol–water partition coefficient (Wildman–Crippen LogP) is 3.70. The number of piperidine rings is 1. The van der Waals surface area contributed by atoms with Gasteiger partial charge < -0.3 is 10.6 Å². The van der Waals surface area contributed by atoms with E-state index in [1.165, 1.54) is 18.4 Å². The Morgan fingerprint density at radius 1 is 1.33 bits per heavy atom. The molecule has 0 bridgehead atoms. The van der Waals surface area contributed by atoms with Gasteiger partial charge >= 0.3 is 0 Å². The van der Waals surface area contributed by atoms with E-state index in [0.29, 0.717) is 12.3 Å². The zero-order valence-corrected chi connectivity index (χ0v) is 13.9. The second-order valence-corrected chi connectivity index (χ2v) is 5.74. The lowest BCUT2D eigenvalue weighted by Crippen LogP contribution is -2.28. The van der Waals surface area contributed by atoms with E-state index in [1.807, 2.05) is 0 Å². The number of carbonyl (C=O) groups is 1. The van der Waals surface area contributed by atoms with E-state index in [0.717, 1.165) is 37.2 Å². The van der Waals surface area contributed by atoms with Gasteiger partial charge in [0.2, 0.25) is 5.91 Å². The number of hydrogen-bond acceptors (Lipinski definition) is 2. The van der Waals surface area contributed by atoms with Crippen LogP contribution in [0.1, 0.15) is 43.7 Å². The van der Waals surface area contributed by atoms with Crippen LogP contribution in [0, 0.1) is 12.8 Å². The lowest BCUT2D eigenvalue weighted by Gasteiger charge is -2.22. The van der Waals surface area contributed by atoms with Crippen LogP contribution < -0.4 is 10.6 Å². The molecule has 0 atom stereocenters. The lowest BCUT2D eigenvalue weighted by atomic mass is 9.93. The van der Waals surface area contributed by atoms with Gasteiger partial charge in [0.15, 0.2) is 0 Å². The first-order chi connectivity index (χ1) is 9.70. The minimum atomic E-state index is 0. The topological polar surface area (TPSA) is 41.1 Å². The number of rotatable bonds is 5. The highest BCUT2D eigenvalue weighted by Gasteiger charge is 2.15. The Bertz CT molecular complexity index is 456. The Labute approximate surface area is 134 Å². The normalized spacial score (nSPS) is 15.3. The van der Waals surface area contributed by atoms with Crippen molar-refractivity contribution in [3.63, 3.8) is 0 Å². The van der Waals surface area contributed by atoms with Crippen molar-refractivity contribution in [2.45, 2.75) is 46.0 Å². The molecular formula is C17H27ClN2O. The number of benzene rings is 1. The highest BCUT2D eigenvalue weighted by Crippen LogP contribution is 2.22. The zero-order valence-electron chi connectivity index (χ0n) is 13.1. The number of amides is 1. The Morgan fingerprint density at radius 2 is 2.05 bits per heavy atom. The van der Waals surface area contributed by atoms with Crippen molar-refractivity contribution in [1.29, 1.82) is 0 Å². The molecule has 1 aliphatic heterocycles. The molecule has 0 saturated carbocycles. The molecule has 0 unspecified atom stereocenters. The van der Waals surface area contributed by atoms with E-state index in [-0.39, 0.29) is 18.3 Å². The quantitative estimate of drug-likeness (QED) is 0.870. The summed E-state index contributed by atoms with van der Waals surface area (Å²) in [6.07, 6.45) is 5.02. The molecule has 2 N–H and O–H groups in total. The fourth-order valence-corrected chi connectivity index (χ4v) is 2.91. The largest absolute Gasteiger partial charge is 0.326 e. The number of aryl methyl sites for hydroxylation is 2. The van der Waals surface area contributed by atoms with Crippen molar-refractivity contribution < 1.29 is 4.79 Å². The molecule has 1 aliphatic rings. The van der Waals surface area contributed by atoms with Gasteiger partial charge in [0, 0.05) is 12.1 Å². The standard InChI is InChI=1S/C17H26N2O.ClH/c1-3-15-6-4-5-13(2)17(15)19-16(20)8-7-14-9-11-18-12-10-14;/h4-6,14,18H,3,7-12H2,1-2H3,(H,19,20);1H. The molecule has 1 aromatic carbocycles. The molecule has 21 heavy (non-hydrogen) atoms. The van der Waals surface area contributed by atoms with Gasteiger partial charge in [0.05, 0.1) is 0 Å². The van der Waals surface area contributed by atoms with Crippen LogP contribution in [-0.4, -0.2) is 19.0 Å². The maximum atomic E-state index is 12.1. The maximum Gasteiger partial charge on any atom is 0.224 e. The Morgan fingerprint density at radius 3 is 2.71 bits per heavy atom. The van der Waals surface area contributed by atoms with Crippen LogP contribution in [0.15, 0.2) is 18.2 Å². The number of nitrogens with one attached hydrogen (secondary N) is 2. The van der Waals surface area contributed by atoms with Crippen molar-refractivity contribution in [3.05, 3.63) is 29.3 Å². The summed E-state index contributed by atoms with van der Waals surface area (Å²) in [5, 5.41) is 6.48. The van der Waals surface area contributed by atoms with Gasteiger partial charge in [-0.2, -0.15) is 0 Å². The van der Waals surface area contributed by atoms with Crippen LogP contribution in [0.3, 0.4) is 0 Å². The van der Waals surface area contributed by atoms with Crippen LogP contribution in [0.25, 0.3) is 0 Å². The predicted molar refractivity (Wildman–Crippen MR) is 91.3 cm³/mol. The van der Waals surface area contributed by atoms with Gasteiger partial charge in [0.25, 0.3) is 0 Å². The molecule has 4 heteroatoms. The number of hydrogen-bond donors (Lipinski definition) is 2. The van der Waals surface area contributed by atoms with Gasteiger partial charge in [-0.25, -0.2) is 0 Å². The molecule has 1 aromatic rings. The van der Waals surface area contributed by atoms with E-state index >= 15 is 0 Å². The van der Waals surface area contributed by atoms with Crippen molar-refractivity contribution in [3.8, 4) is 0 Å². The van der Waals surface area contributed by atoms with Crippen molar-refractivity contribution in [2.24, 2.45) is 5.92 Å². The molecule has 0 spiro atoms. The summed E-state index contributed by atoms with van der Waals surface area (Å²) in [4.78, 5) is 12.1. The van der Waals surface area contributed by atoms with Gasteiger partial charge in [-0.1, -0.05) is 25.1 Å². The third-order valence-corrected chi connectivity index (χ3v) is 4.24. The summed E-state index contributed by atoms with van der Waals surface area (Å²) in [7, 11) is 0. The van der Waals surface area contributed by atoms with Gasteiger partial charge in [-0.05, 0) is 62.7 Å². The van der Waals surface area contributed by atoms with E-state index in [2.05, 4.69) is 42.7 Å². The first kappa shape index (κ1) is 18.0. The minimum absolute atomic E-state index is 0. The van der Waals surface area contributed by atoms with E-state index in [1.54, 1.807) is 0 Å². The average molecular weight is 311 g/mol. The summed E-state index contributed by atoms with van der Waals surface area (Å²) >= 11 is 0.